The lowest BCUT2D eigenvalue weighted by atomic mass is 9.98. The van der Waals surface area contributed by atoms with E-state index in [1.165, 1.54) is 23.1 Å². The van der Waals surface area contributed by atoms with Crippen molar-refractivity contribution in [3.05, 3.63) is 22.4 Å². The molecule has 0 bridgehead atoms. The van der Waals surface area contributed by atoms with E-state index in [0.717, 1.165) is 5.75 Å². The fourth-order valence-corrected chi connectivity index (χ4v) is 3.91. The summed E-state index contributed by atoms with van der Waals surface area (Å²) in [5.41, 5.74) is 0. The lowest BCUT2D eigenvalue weighted by Crippen LogP contribution is -2.57. The Balaban J connectivity index is 1.49. The summed E-state index contributed by atoms with van der Waals surface area (Å²) in [6.45, 7) is 0.882. The van der Waals surface area contributed by atoms with Gasteiger partial charge in [0.1, 0.15) is 0 Å². The monoisotopic (exact) mass is 310 g/mol. The maximum atomic E-state index is 12.0. The number of likely N-dealkylation sites (tertiary alicyclic amines) is 1. The molecule has 5 nitrogen and oxygen atoms in total. The fraction of sp³-hybridized carbons (Fsp3) is 0.462. The number of nitrogens with zero attached hydrogens (tertiary/aromatic N) is 1. The Hall–Kier alpha value is -1.34. The molecule has 3 rings (SSSR count). The fourth-order valence-electron chi connectivity index (χ4n) is 2.28. The Morgan fingerprint density at radius 2 is 2.15 bits per heavy atom. The van der Waals surface area contributed by atoms with E-state index in [1.54, 1.807) is 11.0 Å². The van der Waals surface area contributed by atoms with Crippen LogP contribution in [0.25, 0.3) is 0 Å². The van der Waals surface area contributed by atoms with Crippen LogP contribution in [0, 0.1) is 5.92 Å². The van der Waals surface area contributed by atoms with Gasteiger partial charge in [-0.2, -0.15) is 0 Å². The molecule has 0 radical (unpaired) electrons. The minimum atomic E-state index is -0.338. The van der Waals surface area contributed by atoms with Crippen LogP contribution in [0.1, 0.15) is 16.1 Å². The standard InChI is InChI=1S/C13H14N2O3S2/c16-11(14-9-3-5-20-13(9)18)8-6-15(7-8)12(17)10-2-1-4-19-10/h1-2,4,8-9H,3,5-7H2,(H,14,16)/t9-/m1/s1. The second kappa shape index (κ2) is 5.57. The van der Waals surface area contributed by atoms with Gasteiger partial charge in [0, 0.05) is 18.8 Å². The van der Waals surface area contributed by atoms with Gasteiger partial charge < -0.3 is 10.2 Å². The van der Waals surface area contributed by atoms with Crippen LogP contribution in [-0.4, -0.2) is 46.7 Å². The van der Waals surface area contributed by atoms with Crippen molar-refractivity contribution in [1.82, 2.24) is 10.2 Å². The number of amides is 2. The highest BCUT2D eigenvalue weighted by Gasteiger charge is 2.38. The van der Waals surface area contributed by atoms with Gasteiger partial charge in [-0.15, -0.1) is 11.3 Å². The van der Waals surface area contributed by atoms with Crippen molar-refractivity contribution in [2.45, 2.75) is 12.5 Å². The number of thiophene rings is 1. The van der Waals surface area contributed by atoms with E-state index in [-0.39, 0.29) is 28.9 Å². The molecule has 0 aliphatic carbocycles. The highest BCUT2D eigenvalue weighted by atomic mass is 32.2. The summed E-state index contributed by atoms with van der Waals surface area (Å²) < 4.78 is 0. The van der Waals surface area contributed by atoms with E-state index in [1.807, 2.05) is 11.4 Å². The van der Waals surface area contributed by atoms with Crippen LogP contribution in [0.4, 0.5) is 0 Å². The average Bonchev–Trinajstić information content (AvgIpc) is 3.00. The van der Waals surface area contributed by atoms with Gasteiger partial charge in [-0.05, 0) is 17.9 Å². The summed E-state index contributed by atoms with van der Waals surface area (Å²) in [5.74, 6) is 0.465. The van der Waals surface area contributed by atoms with E-state index < -0.39 is 0 Å². The van der Waals surface area contributed by atoms with Gasteiger partial charge in [-0.1, -0.05) is 17.8 Å². The molecule has 1 aromatic rings. The second-order valence-corrected chi connectivity index (χ2v) is 6.95. The molecule has 2 aliphatic heterocycles. The molecule has 2 saturated heterocycles. The lowest BCUT2D eigenvalue weighted by molar-refractivity contribution is -0.131. The van der Waals surface area contributed by atoms with Gasteiger partial charge in [0.15, 0.2) is 0 Å². The Labute approximate surface area is 124 Å². The van der Waals surface area contributed by atoms with E-state index >= 15 is 0 Å². The second-order valence-electron chi connectivity index (χ2n) is 4.90. The molecule has 0 spiro atoms. The van der Waals surface area contributed by atoms with Gasteiger partial charge in [0.25, 0.3) is 5.91 Å². The van der Waals surface area contributed by atoms with Crippen molar-refractivity contribution >= 4 is 40.0 Å². The lowest BCUT2D eigenvalue weighted by Gasteiger charge is -2.38. The molecular formula is C13H14N2O3S2. The molecule has 2 amide bonds. The topological polar surface area (TPSA) is 66.5 Å². The summed E-state index contributed by atoms with van der Waals surface area (Å²) in [7, 11) is 0. The SMILES string of the molecule is O=C(N[C@@H]1CCSC1=O)C1CN(C(=O)c2cccs2)C1. The molecule has 1 N–H and O–H groups in total. The summed E-state index contributed by atoms with van der Waals surface area (Å²) in [6.07, 6.45) is 0.708. The minimum absolute atomic E-state index is 0.0171. The normalized spacial score (nSPS) is 22.7. The van der Waals surface area contributed by atoms with Crippen LogP contribution in [0.5, 0.6) is 0 Å². The molecule has 0 aromatic carbocycles. The number of hydrogen-bond donors (Lipinski definition) is 1. The Kier molecular flexibility index (Phi) is 3.80. The molecule has 3 heterocycles. The van der Waals surface area contributed by atoms with Crippen LogP contribution < -0.4 is 5.32 Å². The van der Waals surface area contributed by atoms with E-state index in [0.29, 0.717) is 24.4 Å². The predicted octanol–water partition coefficient (Wildman–Crippen LogP) is 0.968. The van der Waals surface area contributed by atoms with Gasteiger partial charge >= 0.3 is 0 Å². The molecular weight excluding hydrogens is 296 g/mol. The molecule has 0 saturated carbocycles. The summed E-state index contributed by atoms with van der Waals surface area (Å²) in [6, 6.07) is 3.29. The molecule has 1 atom stereocenters. The van der Waals surface area contributed by atoms with Crippen LogP contribution in [0.15, 0.2) is 17.5 Å². The maximum Gasteiger partial charge on any atom is 0.263 e. The molecule has 2 aliphatic rings. The van der Waals surface area contributed by atoms with Crippen molar-refractivity contribution in [1.29, 1.82) is 0 Å². The molecule has 20 heavy (non-hydrogen) atoms. The van der Waals surface area contributed by atoms with E-state index in [4.69, 9.17) is 0 Å². The van der Waals surface area contributed by atoms with Crippen molar-refractivity contribution in [2.75, 3.05) is 18.8 Å². The van der Waals surface area contributed by atoms with Gasteiger partial charge in [0.05, 0.1) is 16.8 Å². The zero-order valence-electron chi connectivity index (χ0n) is 10.7. The number of thioether (sulfide) groups is 1. The highest BCUT2D eigenvalue weighted by Crippen LogP contribution is 2.23. The smallest absolute Gasteiger partial charge is 0.263 e. The van der Waals surface area contributed by atoms with Crippen LogP contribution in [-0.2, 0) is 9.59 Å². The van der Waals surface area contributed by atoms with Crippen LogP contribution in [0.2, 0.25) is 0 Å². The van der Waals surface area contributed by atoms with Crippen molar-refractivity contribution in [3.8, 4) is 0 Å². The van der Waals surface area contributed by atoms with Crippen LogP contribution >= 0.6 is 23.1 Å². The van der Waals surface area contributed by atoms with Crippen molar-refractivity contribution in [2.24, 2.45) is 5.92 Å². The van der Waals surface area contributed by atoms with E-state index in [9.17, 15) is 14.4 Å². The zero-order valence-corrected chi connectivity index (χ0v) is 12.3. The third kappa shape index (κ3) is 2.60. The molecule has 0 unspecified atom stereocenters. The van der Waals surface area contributed by atoms with Crippen LogP contribution in [0.3, 0.4) is 0 Å². The molecule has 2 fully saturated rings. The number of rotatable bonds is 3. The number of carbonyl (C=O) groups is 3. The summed E-state index contributed by atoms with van der Waals surface area (Å²) >= 11 is 2.68. The molecule has 1 aromatic heterocycles. The molecule has 106 valence electrons. The minimum Gasteiger partial charge on any atom is -0.345 e. The Bertz CT molecular complexity index is 538. The van der Waals surface area contributed by atoms with Gasteiger partial charge in [-0.3, -0.25) is 14.4 Å². The first-order valence-electron chi connectivity index (χ1n) is 6.45. The maximum absolute atomic E-state index is 12.0. The number of carbonyl (C=O) groups excluding carboxylic acids is 3. The first-order valence-corrected chi connectivity index (χ1v) is 8.31. The van der Waals surface area contributed by atoms with Gasteiger partial charge in [-0.25, -0.2) is 0 Å². The summed E-state index contributed by atoms with van der Waals surface area (Å²) in [5, 5.41) is 4.69. The zero-order chi connectivity index (χ0) is 14.1. The van der Waals surface area contributed by atoms with Gasteiger partial charge in [0.2, 0.25) is 11.0 Å². The first-order chi connectivity index (χ1) is 9.65. The quantitative estimate of drug-likeness (QED) is 0.903. The number of nitrogens with one attached hydrogen (secondary N) is 1. The Morgan fingerprint density at radius 3 is 2.75 bits per heavy atom. The highest BCUT2D eigenvalue weighted by molar-refractivity contribution is 8.14. The largest absolute Gasteiger partial charge is 0.345 e. The predicted molar refractivity (Wildman–Crippen MR) is 77.7 cm³/mol. The third-order valence-electron chi connectivity index (χ3n) is 3.52. The average molecular weight is 310 g/mol. The van der Waals surface area contributed by atoms with Crippen molar-refractivity contribution < 1.29 is 14.4 Å². The van der Waals surface area contributed by atoms with E-state index in [2.05, 4.69) is 5.32 Å². The first kappa shape index (κ1) is 13.6. The molecule has 7 heteroatoms. The third-order valence-corrected chi connectivity index (χ3v) is 5.39. The Morgan fingerprint density at radius 1 is 1.35 bits per heavy atom. The summed E-state index contributed by atoms with van der Waals surface area (Å²) in [4.78, 5) is 37.8. The van der Waals surface area contributed by atoms with Crippen molar-refractivity contribution in [3.63, 3.8) is 0 Å². The number of hydrogen-bond acceptors (Lipinski definition) is 5.